The Kier molecular flexibility index (Phi) is 3.87. The minimum atomic E-state index is -3.87. The minimum absolute atomic E-state index is 0.0259. The molecular formula is C16H13N3O4S. The lowest BCUT2D eigenvalue weighted by atomic mass is 10.2. The van der Waals surface area contributed by atoms with Crippen LogP contribution in [0, 0.1) is 11.3 Å². The molecule has 24 heavy (non-hydrogen) atoms. The first-order valence-corrected chi connectivity index (χ1v) is 8.52. The Bertz CT molecular complexity index is 964. The van der Waals surface area contributed by atoms with Gasteiger partial charge in [-0.2, -0.15) is 5.26 Å². The third-order valence-electron chi connectivity index (χ3n) is 3.44. The molecule has 0 radical (unpaired) electrons. The van der Waals surface area contributed by atoms with E-state index in [1.807, 2.05) is 6.07 Å². The van der Waals surface area contributed by atoms with Crippen LogP contribution in [0.1, 0.15) is 12.5 Å². The third kappa shape index (κ3) is 3.02. The maximum absolute atomic E-state index is 12.5. The van der Waals surface area contributed by atoms with Gasteiger partial charge >= 0.3 is 0 Å². The minimum Gasteiger partial charge on any atom is -0.479 e. The van der Waals surface area contributed by atoms with Crippen molar-refractivity contribution >= 4 is 27.3 Å². The van der Waals surface area contributed by atoms with Gasteiger partial charge in [-0.05, 0) is 43.3 Å². The van der Waals surface area contributed by atoms with Crippen molar-refractivity contribution < 1.29 is 17.9 Å². The van der Waals surface area contributed by atoms with Crippen LogP contribution in [-0.4, -0.2) is 20.4 Å². The smallest absolute Gasteiger partial charge is 0.265 e. The highest BCUT2D eigenvalue weighted by Crippen LogP contribution is 2.32. The third-order valence-corrected chi connectivity index (χ3v) is 4.82. The number of nitrogens with zero attached hydrogens (tertiary/aromatic N) is 1. The normalized spacial score (nSPS) is 16.3. The number of hydrogen-bond donors (Lipinski definition) is 2. The quantitative estimate of drug-likeness (QED) is 0.887. The molecule has 2 aromatic carbocycles. The van der Waals surface area contributed by atoms with Gasteiger partial charge in [-0.3, -0.25) is 9.52 Å². The summed E-state index contributed by atoms with van der Waals surface area (Å²) in [6, 6.07) is 12.3. The largest absolute Gasteiger partial charge is 0.479 e. The lowest BCUT2D eigenvalue weighted by molar-refractivity contribution is -0.122. The fourth-order valence-corrected chi connectivity index (χ4v) is 3.30. The van der Waals surface area contributed by atoms with E-state index in [1.54, 1.807) is 25.1 Å². The summed E-state index contributed by atoms with van der Waals surface area (Å²) in [7, 11) is -3.87. The number of rotatable bonds is 3. The summed E-state index contributed by atoms with van der Waals surface area (Å²) in [6.45, 7) is 1.60. The predicted molar refractivity (Wildman–Crippen MR) is 87.1 cm³/mol. The lowest BCUT2D eigenvalue weighted by Gasteiger charge is -2.23. The highest BCUT2D eigenvalue weighted by molar-refractivity contribution is 7.92. The summed E-state index contributed by atoms with van der Waals surface area (Å²) in [5.74, 6) is 0.0688. The molecule has 8 heteroatoms. The van der Waals surface area contributed by atoms with Crippen molar-refractivity contribution in [1.82, 2.24) is 0 Å². The number of fused-ring (bicyclic) bond motifs is 1. The molecule has 1 aliphatic rings. The van der Waals surface area contributed by atoms with E-state index in [2.05, 4.69) is 10.0 Å². The van der Waals surface area contributed by atoms with Gasteiger partial charge in [-0.15, -0.1) is 0 Å². The molecule has 7 nitrogen and oxygen atoms in total. The van der Waals surface area contributed by atoms with Gasteiger partial charge in [0.1, 0.15) is 5.75 Å². The second kappa shape index (κ2) is 5.86. The highest BCUT2D eigenvalue weighted by atomic mass is 32.2. The van der Waals surface area contributed by atoms with Gasteiger partial charge in [0.2, 0.25) is 0 Å². The molecule has 1 atom stereocenters. The standard InChI is InChI=1S/C16H13N3O4S/c1-10-16(20)18-14-8-13(5-6-15(14)23-10)24(21,22)19-12-4-2-3-11(7-12)9-17/h2-8,10,19H,1H3,(H,18,20)/t10-/m0/s1. The Morgan fingerprint density at radius 3 is 2.79 bits per heavy atom. The van der Waals surface area contributed by atoms with Crippen LogP contribution in [0.5, 0.6) is 5.75 Å². The maximum atomic E-state index is 12.5. The van der Waals surface area contributed by atoms with Crippen LogP contribution >= 0.6 is 0 Å². The first-order chi connectivity index (χ1) is 11.4. The second-order valence-electron chi connectivity index (χ2n) is 5.21. The van der Waals surface area contributed by atoms with Crippen LogP contribution in [0.25, 0.3) is 0 Å². The number of nitrogens with one attached hydrogen (secondary N) is 2. The zero-order valence-electron chi connectivity index (χ0n) is 12.6. The van der Waals surface area contributed by atoms with E-state index in [9.17, 15) is 13.2 Å². The van der Waals surface area contributed by atoms with E-state index in [4.69, 9.17) is 10.00 Å². The van der Waals surface area contributed by atoms with Gasteiger partial charge in [-0.1, -0.05) is 6.07 Å². The molecule has 0 bridgehead atoms. The molecule has 0 fully saturated rings. The summed E-state index contributed by atoms with van der Waals surface area (Å²) in [5, 5.41) is 11.5. The molecule has 0 saturated heterocycles. The van der Waals surface area contributed by atoms with Gasteiger partial charge in [0.25, 0.3) is 15.9 Å². The van der Waals surface area contributed by atoms with E-state index in [1.165, 1.54) is 24.3 Å². The molecular weight excluding hydrogens is 330 g/mol. The van der Waals surface area contributed by atoms with Crippen molar-refractivity contribution in [2.24, 2.45) is 0 Å². The lowest BCUT2D eigenvalue weighted by Crippen LogP contribution is -2.34. The van der Waals surface area contributed by atoms with Crippen molar-refractivity contribution in [2.45, 2.75) is 17.9 Å². The molecule has 2 aromatic rings. The summed E-state index contributed by atoms with van der Waals surface area (Å²) < 4.78 is 32.8. The van der Waals surface area contributed by atoms with E-state index in [0.717, 1.165) is 0 Å². The SMILES string of the molecule is C[C@@H]1Oc2ccc(S(=O)(=O)Nc3cccc(C#N)c3)cc2NC1=O. The molecule has 0 aliphatic carbocycles. The number of benzene rings is 2. The van der Waals surface area contributed by atoms with E-state index >= 15 is 0 Å². The van der Waals surface area contributed by atoms with Gasteiger partial charge in [0, 0.05) is 0 Å². The molecule has 2 N–H and O–H groups in total. The maximum Gasteiger partial charge on any atom is 0.265 e. The molecule has 0 saturated carbocycles. The molecule has 1 amide bonds. The Morgan fingerprint density at radius 2 is 2.04 bits per heavy atom. The monoisotopic (exact) mass is 343 g/mol. The van der Waals surface area contributed by atoms with Crippen LogP contribution in [-0.2, 0) is 14.8 Å². The molecule has 122 valence electrons. The highest BCUT2D eigenvalue weighted by Gasteiger charge is 2.25. The topological polar surface area (TPSA) is 108 Å². The second-order valence-corrected chi connectivity index (χ2v) is 6.89. The van der Waals surface area contributed by atoms with Crippen molar-refractivity contribution in [3.05, 3.63) is 48.0 Å². The van der Waals surface area contributed by atoms with Crippen LogP contribution < -0.4 is 14.8 Å². The Morgan fingerprint density at radius 1 is 1.25 bits per heavy atom. The van der Waals surface area contributed by atoms with Crippen molar-refractivity contribution in [3.63, 3.8) is 0 Å². The summed E-state index contributed by atoms with van der Waals surface area (Å²) in [5.41, 5.74) is 0.919. The molecule has 1 heterocycles. The summed E-state index contributed by atoms with van der Waals surface area (Å²) in [6.07, 6.45) is -0.633. The number of amides is 1. The number of carbonyl (C=O) groups is 1. The Balaban J connectivity index is 1.92. The number of hydrogen-bond acceptors (Lipinski definition) is 5. The number of carbonyl (C=O) groups excluding carboxylic acids is 1. The Hall–Kier alpha value is -3.05. The zero-order chi connectivity index (χ0) is 17.3. The molecule has 1 aliphatic heterocycles. The van der Waals surface area contributed by atoms with Crippen LogP contribution in [0.3, 0.4) is 0 Å². The van der Waals surface area contributed by atoms with E-state index < -0.39 is 16.1 Å². The van der Waals surface area contributed by atoms with Crippen LogP contribution in [0.2, 0.25) is 0 Å². The van der Waals surface area contributed by atoms with Crippen LogP contribution in [0.4, 0.5) is 11.4 Å². The van der Waals surface area contributed by atoms with Gasteiger partial charge in [0.15, 0.2) is 6.10 Å². The van der Waals surface area contributed by atoms with Crippen LogP contribution in [0.15, 0.2) is 47.4 Å². The molecule has 0 aromatic heterocycles. The van der Waals surface area contributed by atoms with Crippen molar-refractivity contribution in [1.29, 1.82) is 5.26 Å². The summed E-state index contributed by atoms with van der Waals surface area (Å²) in [4.78, 5) is 11.6. The van der Waals surface area contributed by atoms with E-state index in [-0.39, 0.29) is 16.5 Å². The van der Waals surface area contributed by atoms with E-state index in [0.29, 0.717) is 17.0 Å². The average molecular weight is 343 g/mol. The average Bonchev–Trinajstić information content (AvgIpc) is 2.55. The van der Waals surface area contributed by atoms with Gasteiger partial charge < -0.3 is 10.1 Å². The number of nitriles is 1. The van der Waals surface area contributed by atoms with Gasteiger partial charge in [0.05, 0.1) is 27.9 Å². The molecule has 3 rings (SSSR count). The zero-order valence-corrected chi connectivity index (χ0v) is 13.4. The molecule has 0 spiro atoms. The Labute approximate surface area is 138 Å². The van der Waals surface area contributed by atoms with Crippen molar-refractivity contribution in [3.8, 4) is 11.8 Å². The number of anilines is 2. The van der Waals surface area contributed by atoms with Gasteiger partial charge in [-0.25, -0.2) is 8.42 Å². The molecule has 0 unspecified atom stereocenters. The summed E-state index contributed by atoms with van der Waals surface area (Å²) >= 11 is 0. The predicted octanol–water partition coefficient (Wildman–Crippen LogP) is 2.08. The fourth-order valence-electron chi connectivity index (χ4n) is 2.22. The number of ether oxygens (including phenoxy) is 1. The fraction of sp³-hybridized carbons (Fsp3) is 0.125. The first-order valence-electron chi connectivity index (χ1n) is 7.03. The van der Waals surface area contributed by atoms with Crippen molar-refractivity contribution in [2.75, 3.05) is 10.0 Å². The first kappa shape index (κ1) is 15.8. The number of sulfonamides is 1.